The predicted octanol–water partition coefficient (Wildman–Crippen LogP) is 20.5. The molecule has 80 heavy (non-hydrogen) atoms. The fourth-order valence-electron chi connectivity index (χ4n) is 11.1. The molecular weight excluding hydrogens is 995 g/mol. The number of carbonyl (C=O) groups is 3. The van der Waals surface area contributed by atoms with Crippen LogP contribution in [0.2, 0.25) is 0 Å². The molecule has 2 atom stereocenters. The molecule has 0 aliphatic heterocycles. The maximum absolute atomic E-state index is 12.9. The number of carboxylic acid groups (broad SMARTS) is 1. The van der Waals surface area contributed by atoms with Gasteiger partial charge in [-0.05, 0) is 12.8 Å². The zero-order chi connectivity index (χ0) is 58.3. The predicted molar refractivity (Wildman–Crippen MR) is 339 cm³/mol. The highest BCUT2D eigenvalue weighted by atomic mass is 16.7. The van der Waals surface area contributed by atoms with Crippen LogP contribution in [0.25, 0.3) is 0 Å². The molecule has 0 fully saturated rings. The van der Waals surface area contributed by atoms with Gasteiger partial charge in [0.15, 0.2) is 12.4 Å². The maximum Gasteiger partial charge on any atom is 0.306 e. The molecule has 0 N–H and O–H groups in total. The summed E-state index contributed by atoms with van der Waals surface area (Å²) in [5, 5.41) is 11.8. The number of ether oxygens (including phenoxy) is 4. The Morgan fingerprint density at radius 2 is 0.562 bits per heavy atom. The van der Waals surface area contributed by atoms with Gasteiger partial charge >= 0.3 is 11.9 Å². The number of carbonyl (C=O) groups excluding carboxylic acids is 3. The van der Waals surface area contributed by atoms with E-state index < -0.39 is 24.3 Å². The molecule has 0 rings (SSSR count). The second-order valence-electron chi connectivity index (χ2n) is 25.9. The van der Waals surface area contributed by atoms with E-state index in [0.717, 1.165) is 38.5 Å². The maximum atomic E-state index is 12.9. The molecule has 0 aromatic carbocycles. The van der Waals surface area contributed by atoms with Crippen LogP contribution >= 0.6 is 0 Å². The van der Waals surface area contributed by atoms with Crippen LogP contribution in [-0.4, -0.2) is 82.3 Å². The largest absolute Gasteiger partial charge is 0.545 e. The number of esters is 2. The van der Waals surface area contributed by atoms with Crippen LogP contribution in [0, 0.1) is 0 Å². The van der Waals surface area contributed by atoms with Gasteiger partial charge in [0, 0.05) is 12.8 Å². The summed E-state index contributed by atoms with van der Waals surface area (Å²) in [4.78, 5) is 37.4. The van der Waals surface area contributed by atoms with Gasteiger partial charge in [-0.25, -0.2) is 0 Å². The first-order valence-electron chi connectivity index (χ1n) is 35.7. The topological polar surface area (TPSA) is 111 Å². The van der Waals surface area contributed by atoms with Crippen molar-refractivity contribution >= 4 is 17.9 Å². The number of likely N-dealkylation sites (N-methyl/N-ethyl adjacent to an activating group) is 1. The van der Waals surface area contributed by atoms with E-state index in [-0.39, 0.29) is 32.2 Å². The Kier molecular flexibility index (Phi) is 62.0. The van der Waals surface area contributed by atoms with Crippen molar-refractivity contribution in [3.05, 3.63) is 0 Å². The summed E-state index contributed by atoms with van der Waals surface area (Å²) in [5.74, 6) is -2.25. The van der Waals surface area contributed by atoms with Crippen molar-refractivity contribution < 1.29 is 42.9 Å². The highest BCUT2D eigenvalue weighted by Gasteiger charge is 2.22. The summed E-state index contributed by atoms with van der Waals surface area (Å²) < 4.78 is 22.8. The molecule has 0 aliphatic carbocycles. The Balaban J connectivity index is 3.89. The van der Waals surface area contributed by atoms with E-state index in [1.807, 2.05) is 21.1 Å². The minimum Gasteiger partial charge on any atom is -0.545 e. The molecule has 2 unspecified atom stereocenters. The van der Waals surface area contributed by atoms with Gasteiger partial charge in [0.05, 0.1) is 40.3 Å². The summed E-state index contributed by atoms with van der Waals surface area (Å²) >= 11 is 0. The van der Waals surface area contributed by atoms with Crippen LogP contribution in [-0.2, 0) is 33.3 Å². The van der Waals surface area contributed by atoms with Crippen molar-refractivity contribution in [3.63, 3.8) is 0 Å². The van der Waals surface area contributed by atoms with Crippen LogP contribution < -0.4 is 5.11 Å². The third-order valence-electron chi connectivity index (χ3n) is 16.6. The molecule has 0 heterocycles. The van der Waals surface area contributed by atoms with Crippen molar-refractivity contribution in [1.29, 1.82) is 0 Å². The molecule has 0 bridgehead atoms. The quantitative estimate of drug-likeness (QED) is 0.0256. The molecule has 0 aromatic heterocycles. The first-order chi connectivity index (χ1) is 39.1. The van der Waals surface area contributed by atoms with Crippen LogP contribution in [0.1, 0.15) is 380 Å². The van der Waals surface area contributed by atoms with Crippen LogP contribution in [0.3, 0.4) is 0 Å². The van der Waals surface area contributed by atoms with Gasteiger partial charge in [0.1, 0.15) is 13.2 Å². The van der Waals surface area contributed by atoms with E-state index >= 15 is 0 Å². The molecule has 9 nitrogen and oxygen atoms in total. The number of nitrogens with zero attached hydrogens (tertiary/aromatic N) is 1. The van der Waals surface area contributed by atoms with Crippen molar-refractivity contribution in [3.8, 4) is 0 Å². The fourth-order valence-corrected chi connectivity index (χ4v) is 11.1. The fraction of sp³-hybridized carbons (Fsp3) is 0.958. The van der Waals surface area contributed by atoms with Crippen LogP contribution in [0.4, 0.5) is 0 Å². The number of carboxylic acids is 1. The number of rotatable bonds is 68. The number of aliphatic carboxylic acids is 1. The number of hydrogen-bond acceptors (Lipinski definition) is 8. The Bertz CT molecular complexity index is 1270. The summed E-state index contributed by atoms with van der Waals surface area (Å²) in [5.41, 5.74) is 0. The van der Waals surface area contributed by atoms with E-state index in [2.05, 4.69) is 13.8 Å². The van der Waals surface area contributed by atoms with Gasteiger partial charge in [-0.15, -0.1) is 0 Å². The van der Waals surface area contributed by atoms with E-state index in [1.54, 1.807) is 0 Å². The van der Waals surface area contributed by atoms with Gasteiger partial charge in [-0.1, -0.05) is 354 Å². The standard InChI is InChI=1S/C71H139NO8/c1-6-8-10-12-14-16-18-20-22-24-25-26-27-28-29-30-31-32-33-34-35-36-37-38-39-40-41-42-43-44-45-46-48-50-52-54-56-58-60-62-69(74)80-67(66-79-71(70(75)76)77-64-63-72(3,4)5)65-78-68(73)61-59-57-55-53-51-49-47-23-21-19-17-15-13-11-9-7-2/h67,71H,6-66H2,1-5H3. The highest BCUT2D eigenvalue weighted by molar-refractivity contribution is 5.70. The second kappa shape index (κ2) is 63.3. The molecule has 0 saturated carbocycles. The van der Waals surface area contributed by atoms with Crippen molar-refractivity contribution in [1.82, 2.24) is 0 Å². The normalized spacial score (nSPS) is 12.6. The molecule has 476 valence electrons. The summed E-state index contributed by atoms with van der Waals surface area (Å²) in [7, 11) is 5.94. The van der Waals surface area contributed by atoms with E-state index in [4.69, 9.17) is 18.9 Å². The first-order valence-corrected chi connectivity index (χ1v) is 35.7. The lowest BCUT2D eigenvalue weighted by molar-refractivity contribution is -0.870. The van der Waals surface area contributed by atoms with Crippen molar-refractivity contribution in [2.24, 2.45) is 0 Å². The van der Waals surface area contributed by atoms with Crippen LogP contribution in [0.5, 0.6) is 0 Å². The molecule has 0 radical (unpaired) electrons. The lowest BCUT2D eigenvalue weighted by Crippen LogP contribution is -2.44. The van der Waals surface area contributed by atoms with Crippen molar-refractivity contribution in [2.45, 2.75) is 392 Å². The summed E-state index contributed by atoms with van der Waals surface area (Å²) in [6.45, 7) is 4.83. The Morgan fingerprint density at radius 3 is 0.800 bits per heavy atom. The van der Waals surface area contributed by atoms with Gasteiger partial charge in [-0.2, -0.15) is 0 Å². The number of hydrogen-bond donors (Lipinski definition) is 0. The summed E-state index contributed by atoms with van der Waals surface area (Å²) in [6, 6.07) is 0. The number of quaternary nitrogens is 1. The minimum absolute atomic E-state index is 0.153. The zero-order valence-corrected chi connectivity index (χ0v) is 54.5. The SMILES string of the molecule is CCCCCCCCCCCCCCCCCCCCCCCCCCCCCCCCCCCCCCCCCC(=O)OC(COC(=O)CCCCCCCCCCCCCCCCCC)COC(OCC[N+](C)(C)C)C(=O)[O-]. The molecule has 0 saturated heterocycles. The molecule has 9 heteroatoms. The van der Waals surface area contributed by atoms with Crippen LogP contribution in [0.15, 0.2) is 0 Å². The molecule has 0 amide bonds. The average Bonchev–Trinajstić information content (AvgIpc) is 3.43. The van der Waals surface area contributed by atoms with E-state index in [9.17, 15) is 19.5 Å². The minimum atomic E-state index is -1.61. The zero-order valence-electron chi connectivity index (χ0n) is 54.5. The monoisotopic (exact) mass is 1130 g/mol. The van der Waals surface area contributed by atoms with E-state index in [0.29, 0.717) is 17.4 Å². The molecule has 0 aromatic rings. The lowest BCUT2D eigenvalue weighted by atomic mass is 10.0. The van der Waals surface area contributed by atoms with Gasteiger partial charge in [0.25, 0.3) is 0 Å². The average molecular weight is 1130 g/mol. The Labute approximate surface area is 498 Å². The Hall–Kier alpha value is -1.71. The number of unbranched alkanes of at least 4 members (excludes halogenated alkanes) is 53. The molecule has 0 aliphatic rings. The smallest absolute Gasteiger partial charge is 0.306 e. The highest BCUT2D eigenvalue weighted by Crippen LogP contribution is 2.20. The summed E-state index contributed by atoms with van der Waals surface area (Å²) in [6.07, 6.45) is 72.2. The lowest BCUT2D eigenvalue weighted by Gasteiger charge is -2.26. The molecular formula is C71H139NO8. The van der Waals surface area contributed by atoms with Crippen molar-refractivity contribution in [2.75, 3.05) is 47.5 Å². The third kappa shape index (κ3) is 63.9. The van der Waals surface area contributed by atoms with Gasteiger partial charge in [-0.3, -0.25) is 9.59 Å². The van der Waals surface area contributed by atoms with Gasteiger partial charge < -0.3 is 33.3 Å². The van der Waals surface area contributed by atoms with E-state index in [1.165, 1.54) is 315 Å². The molecule has 0 spiro atoms. The first kappa shape index (κ1) is 78.3. The Morgan fingerprint density at radius 1 is 0.325 bits per heavy atom. The second-order valence-corrected chi connectivity index (χ2v) is 25.9. The van der Waals surface area contributed by atoms with Gasteiger partial charge in [0.2, 0.25) is 0 Å². The third-order valence-corrected chi connectivity index (χ3v) is 16.6.